The summed E-state index contributed by atoms with van der Waals surface area (Å²) in [5.41, 5.74) is 0.678. The van der Waals surface area contributed by atoms with Crippen molar-refractivity contribution >= 4 is 38.6 Å². The van der Waals surface area contributed by atoms with Crippen LogP contribution in [-0.2, 0) is 25.3 Å². The number of halogens is 1. The zero-order valence-electron chi connectivity index (χ0n) is 11.2. The van der Waals surface area contributed by atoms with Gasteiger partial charge in [-0.25, -0.2) is 13.1 Å². The van der Waals surface area contributed by atoms with Crippen molar-refractivity contribution in [2.45, 2.75) is 25.1 Å². The van der Waals surface area contributed by atoms with Crippen LogP contribution in [-0.4, -0.2) is 31.5 Å². The van der Waals surface area contributed by atoms with Crippen molar-refractivity contribution in [3.8, 4) is 0 Å². The van der Waals surface area contributed by atoms with E-state index in [1.54, 1.807) is 31.2 Å². The molecule has 112 valence electrons. The third-order valence-corrected chi connectivity index (χ3v) is 4.47. The molecule has 0 aliphatic carbocycles. The summed E-state index contributed by atoms with van der Waals surface area (Å²) >= 11 is 2.10. The number of ether oxygens (including phenoxy) is 1. The first-order chi connectivity index (χ1) is 9.48. The fourth-order valence-electron chi connectivity index (χ4n) is 1.63. The van der Waals surface area contributed by atoms with Crippen molar-refractivity contribution in [2.75, 3.05) is 11.0 Å². The zero-order valence-corrected chi connectivity index (χ0v) is 14.2. The molecule has 1 aromatic carbocycles. The Morgan fingerprint density at radius 3 is 2.55 bits per heavy atom. The second-order valence-electron chi connectivity index (χ2n) is 4.14. The van der Waals surface area contributed by atoms with Gasteiger partial charge in [-0.2, -0.15) is 0 Å². The lowest BCUT2D eigenvalue weighted by atomic mass is 10.2. The molecule has 7 heteroatoms. The second kappa shape index (κ2) is 8.58. The predicted molar refractivity (Wildman–Crippen MR) is 86.1 cm³/mol. The molecule has 20 heavy (non-hydrogen) atoms. The first-order valence-electron chi connectivity index (χ1n) is 6.25. The third kappa shape index (κ3) is 6.19. The Kier molecular flexibility index (Phi) is 7.46. The van der Waals surface area contributed by atoms with Crippen LogP contribution in [0.15, 0.2) is 30.3 Å². The number of sulfonamides is 1. The Hall–Kier alpha value is -0.670. The highest BCUT2D eigenvalue weighted by Crippen LogP contribution is 2.07. The Morgan fingerprint density at radius 2 is 2.00 bits per heavy atom. The van der Waals surface area contributed by atoms with Crippen LogP contribution in [0.2, 0.25) is 0 Å². The molecule has 0 saturated heterocycles. The molecule has 0 bridgehead atoms. The van der Waals surface area contributed by atoms with E-state index in [9.17, 15) is 13.2 Å². The van der Waals surface area contributed by atoms with E-state index in [-0.39, 0.29) is 12.4 Å². The molecule has 0 radical (unpaired) electrons. The quantitative estimate of drug-likeness (QED) is 0.403. The monoisotopic (exact) mass is 411 g/mol. The second-order valence-corrected chi connectivity index (χ2v) is 6.98. The minimum absolute atomic E-state index is 0.148. The molecule has 5 nitrogen and oxygen atoms in total. The molecule has 1 atom stereocenters. The number of carbonyl (C=O) groups excluding carboxylic acids is 1. The summed E-state index contributed by atoms with van der Waals surface area (Å²) < 4.78 is 32.1. The van der Waals surface area contributed by atoms with E-state index in [2.05, 4.69) is 27.3 Å². The number of carbonyl (C=O) groups is 1. The highest BCUT2D eigenvalue weighted by molar-refractivity contribution is 14.1. The van der Waals surface area contributed by atoms with Crippen molar-refractivity contribution in [1.29, 1.82) is 0 Å². The third-order valence-electron chi connectivity index (χ3n) is 2.49. The first-order valence-corrected chi connectivity index (χ1v) is 9.43. The fourth-order valence-corrected chi connectivity index (χ4v) is 3.61. The van der Waals surface area contributed by atoms with Gasteiger partial charge in [0.05, 0.1) is 12.4 Å². The minimum atomic E-state index is -3.57. The summed E-state index contributed by atoms with van der Waals surface area (Å²) in [4.78, 5) is 11.7. The molecule has 0 spiro atoms. The van der Waals surface area contributed by atoms with Gasteiger partial charge in [0.2, 0.25) is 10.0 Å². The number of rotatable bonds is 8. The summed E-state index contributed by atoms with van der Waals surface area (Å²) in [5.74, 6) is -0.675. The molecule has 0 amide bonds. The SMILES string of the molecule is CCOC(=O)[C@@H](CCI)NS(=O)(=O)Cc1ccccc1. The molecular weight excluding hydrogens is 393 g/mol. The van der Waals surface area contributed by atoms with Gasteiger partial charge in [-0.15, -0.1) is 0 Å². The molecule has 0 saturated carbocycles. The highest BCUT2D eigenvalue weighted by atomic mass is 127. The molecule has 0 unspecified atom stereocenters. The lowest BCUT2D eigenvalue weighted by Gasteiger charge is -2.16. The van der Waals surface area contributed by atoms with E-state index in [4.69, 9.17) is 4.74 Å². The summed E-state index contributed by atoms with van der Waals surface area (Å²) in [6, 6.07) is 8.02. The first kappa shape index (κ1) is 17.4. The normalized spacial score (nSPS) is 12.9. The van der Waals surface area contributed by atoms with Crippen molar-refractivity contribution in [3.63, 3.8) is 0 Å². The Bertz CT molecular complexity index is 518. The average Bonchev–Trinajstić information content (AvgIpc) is 2.39. The smallest absolute Gasteiger partial charge is 0.324 e. The Balaban J connectivity index is 2.73. The fraction of sp³-hybridized carbons (Fsp3) is 0.462. The van der Waals surface area contributed by atoms with Crippen LogP contribution >= 0.6 is 22.6 Å². The molecule has 0 heterocycles. The van der Waals surface area contributed by atoms with Crippen LogP contribution in [0.1, 0.15) is 18.9 Å². The van der Waals surface area contributed by atoms with Crippen LogP contribution in [0.5, 0.6) is 0 Å². The lowest BCUT2D eigenvalue weighted by molar-refractivity contribution is -0.145. The number of benzene rings is 1. The van der Waals surface area contributed by atoms with Gasteiger partial charge in [-0.3, -0.25) is 4.79 Å². The molecule has 1 rings (SSSR count). The Morgan fingerprint density at radius 1 is 1.35 bits per heavy atom. The molecule has 0 fully saturated rings. The maximum absolute atomic E-state index is 12.1. The van der Waals surface area contributed by atoms with E-state index in [0.717, 1.165) is 0 Å². The van der Waals surface area contributed by atoms with Crippen LogP contribution in [0.25, 0.3) is 0 Å². The lowest BCUT2D eigenvalue weighted by Crippen LogP contribution is -2.42. The zero-order chi connectivity index (χ0) is 15.0. The molecular formula is C13H18INO4S. The van der Waals surface area contributed by atoms with Gasteiger partial charge < -0.3 is 4.74 Å². The van der Waals surface area contributed by atoms with Crippen molar-refractivity contribution < 1.29 is 17.9 Å². The van der Waals surface area contributed by atoms with E-state index in [1.165, 1.54) is 0 Å². The maximum atomic E-state index is 12.1. The largest absolute Gasteiger partial charge is 0.465 e. The topological polar surface area (TPSA) is 72.5 Å². The van der Waals surface area contributed by atoms with E-state index < -0.39 is 22.0 Å². The standard InChI is InChI=1S/C13H18INO4S/c1-2-19-13(16)12(8-9-14)15-20(17,18)10-11-6-4-3-5-7-11/h3-7,12,15H,2,8-10H2,1H3/t12-/m1/s1. The van der Waals surface area contributed by atoms with Crippen molar-refractivity contribution in [2.24, 2.45) is 0 Å². The van der Waals surface area contributed by atoms with Gasteiger partial charge in [0, 0.05) is 4.43 Å². The van der Waals surface area contributed by atoms with Gasteiger partial charge in [-0.05, 0) is 18.9 Å². The number of hydrogen-bond donors (Lipinski definition) is 1. The van der Waals surface area contributed by atoms with Crippen LogP contribution < -0.4 is 4.72 Å². The number of hydrogen-bond acceptors (Lipinski definition) is 4. The van der Waals surface area contributed by atoms with Gasteiger partial charge in [0.15, 0.2) is 0 Å². The molecule has 0 aliphatic heterocycles. The molecule has 1 N–H and O–H groups in total. The summed E-state index contributed by atoms with van der Waals surface area (Å²) in [6.07, 6.45) is 0.410. The minimum Gasteiger partial charge on any atom is -0.465 e. The number of esters is 1. The van der Waals surface area contributed by atoms with E-state index in [0.29, 0.717) is 16.4 Å². The van der Waals surface area contributed by atoms with E-state index in [1.807, 2.05) is 6.07 Å². The average molecular weight is 411 g/mol. The number of alkyl halides is 1. The number of nitrogens with one attached hydrogen (secondary N) is 1. The molecule has 1 aromatic rings. The molecule has 0 aromatic heterocycles. The van der Waals surface area contributed by atoms with Crippen molar-refractivity contribution in [1.82, 2.24) is 4.72 Å². The highest BCUT2D eigenvalue weighted by Gasteiger charge is 2.25. The van der Waals surface area contributed by atoms with Gasteiger partial charge in [0.25, 0.3) is 0 Å². The molecule has 0 aliphatic rings. The van der Waals surface area contributed by atoms with Gasteiger partial charge in [-0.1, -0.05) is 52.9 Å². The van der Waals surface area contributed by atoms with Crippen LogP contribution in [0.3, 0.4) is 0 Å². The Labute approximate surface area is 133 Å². The van der Waals surface area contributed by atoms with E-state index >= 15 is 0 Å². The van der Waals surface area contributed by atoms with Crippen LogP contribution in [0, 0.1) is 0 Å². The van der Waals surface area contributed by atoms with Gasteiger partial charge in [0.1, 0.15) is 6.04 Å². The summed E-state index contributed by atoms with van der Waals surface area (Å²) in [5, 5.41) is 0. The summed E-state index contributed by atoms with van der Waals surface area (Å²) in [7, 11) is -3.57. The van der Waals surface area contributed by atoms with Gasteiger partial charge >= 0.3 is 5.97 Å². The predicted octanol–water partition coefficient (Wildman–Crippen LogP) is 1.86. The summed E-state index contributed by atoms with van der Waals surface area (Å²) in [6.45, 7) is 1.93. The van der Waals surface area contributed by atoms with Crippen molar-refractivity contribution in [3.05, 3.63) is 35.9 Å². The maximum Gasteiger partial charge on any atom is 0.324 e. The van der Waals surface area contributed by atoms with Crippen LogP contribution in [0.4, 0.5) is 0 Å².